The first-order valence-electron chi connectivity index (χ1n) is 8.16. The van der Waals surface area contributed by atoms with Crippen LogP contribution in [-0.4, -0.2) is 37.4 Å². The van der Waals surface area contributed by atoms with Gasteiger partial charge < -0.3 is 19.4 Å². The zero-order valence-corrected chi connectivity index (χ0v) is 15.4. The van der Waals surface area contributed by atoms with E-state index in [0.29, 0.717) is 18.0 Å². The Morgan fingerprint density at radius 2 is 1.88 bits per heavy atom. The molecule has 0 unspecified atom stereocenters. The first kappa shape index (κ1) is 17.6. The number of likely N-dealkylation sites (N-methyl/N-ethyl adjacent to an activating group) is 1. The van der Waals surface area contributed by atoms with Crippen LogP contribution in [0.5, 0.6) is 11.5 Å². The Balaban J connectivity index is 2.11. The standard InChI is InChI=1S/C19H22ClN3O2/c1-21-8-7-19-22-15-10-17(24-2)18(25-3)11-16(15)23(19)12-13-5-4-6-14(20)9-13/h4-6,9-11,21H,7-8,12H2,1-3H3. The average molecular weight is 360 g/mol. The molecule has 1 heterocycles. The maximum Gasteiger partial charge on any atom is 0.163 e. The summed E-state index contributed by atoms with van der Waals surface area (Å²) >= 11 is 6.14. The molecule has 0 spiro atoms. The Bertz CT molecular complexity index is 876. The van der Waals surface area contributed by atoms with E-state index in [2.05, 4.69) is 16.0 Å². The van der Waals surface area contributed by atoms with Gasteiger partial charge in [-0.1, -0.05) is 23.7 Å². The van der Waals surface area contributed by atoms with Crippen LogP contribution in [0.3, 0.4) is 0 Å². The molecular weight excluding hydrogens is 338 g/mol. The molecule has 0 saturated carbocycles. The maximum absolute atomic E-state index is 6.14. The van der Waals surface area contributed by atoms with Crippen LogP contribution >= 0.6 is 11.6 Å². The number of hydrogen-bond acceptors (Lipinski definition) is 4. The maximum atomic E-state index is 6.14. The minimum absolute atomic E-state index is 0.683. The van der Waals surface area contributed by atoms with Gasteiger partial charge in [0.15, 0.2) is 11.5 Å². The average Bonchev–Trinajstić information content (AvgIpc) is 2.95. The zero-order valence-electron chi connectivity index (χ0n) is 14.7. The number of nitrogens with zero attached hydrogens (tertiary/aromatic N) is 2. The Morgan fingerprint density at radius 3 is 2.56 bits per heavy atom. The second-order valence-electron chi connectivity index (χ2n) is 5.79. The van der Waals surface area contributed by atoms with Crippen LogP contribution in [0, 0.1) is 0 Å². The fourth-order valence-corrected chi connectivity index (χ4v) is 3.14. The number of halogens is 1. The molecule has 5 nitrogen and oxygen atoms in total. The van der Waals surface area contributed by atoms with Crippen molar-refractivity contribution < 1.29 is 9.47 Å². The van der Waals surface area contributed by atoms with Crippen molar-refractivity contribution in [3.63, 3.8) is 0 Å². The van der Waals surface area contributed by atoms with Crippen molar-refractivity contribution in [2.45, 2.75) is 13.0 Å². The molecule has 2 aromatic carbocycles. The lowest BCUT2D eigenvalue weighted by Gasteiger charge is -2.11. The van der Waals surface area contributed by atoms with Gasteiger partial charge in [-0.2, -0.15) is 0 Å². The van der Waals surface area contributed by atoms with Gasteiger partial charge in [0.05, 0.1) is 25.3 Å². The highest BCUT2D eigenvalue weighted by Gasteiger charge is 2.15. The van der Waals surface area contributed by atoms with E-state index in [0.717, 1.165) is 40.4 Å². The topological polar surface area (TPSA) is 48.3 Å². The molecule has 25 heavy (non-hydrogen) atoms. The summed E-state index contributed by atoms with van der Waals surface area (Å²) in [5.41, 5.74) is 3.04. The van der Waals surface area contributed by atoms with Gasteiger partial charge in [-0.3, -0.25) is 0 Å². The van der Waals surface area contributed by atoms with E-state index in [1.165, 1.54) is 0 Å². The lowest BCUT2D eigenvalue weighted by atomic mass is 10.2. The van der Waals surface area contributed by atoms with Gasteiger partial charge >= 0.3 is 0 Å². The molecule has 1 aromatic heterocycles. The number of methoxy groups -OCH3 is 2. The molecule has 1 N–H and O–H groups in total. The molecule has 0 saturated heterocycles. The third-order valence-electron chi connectivity index (χ3n) is 4.16. The summed E-state index contributed by atoms with van der Waals surface area (Å²) in [6.45, 7) is 1.55. The first-order valence-corrected chi connectivity index (χ1v) is 8.54. The SMILES string of the molecule is CNCCc1nc2cc(OC)c(OC)cc2n1Cc1cccc(Cl)c1. The summed E-state index contributed by atoms with van der Waals surface area (Å²) in [4.78, 5) is 4.81. The minimum atomic E-state index is 0.683. The molecular formula is C19H22ClN3O2. The summed E-state index contributed by atoms with van der Waals surface area (Å²) in [5.74, 6) is 2.39. The number of rotatable bonds is 7. The zero-order chi connectivity index (χ0) is 17.8. The number of nitrogens with one attached hydrogen (secondary N) is 1. The van der Waals surface area contributed by atoms with E-state index in [1.807, 2.05) is 37.4 Å². The smallest absolute Gasteiger partial charge is 0.163 e. The summed E-state index contributed by atoms with van der Waals surface area (Å²) in [6.07, 6.45) is 0.830. The van der Waals surface area contributed by atoms with Crippen LogP contribution in [0.25, 0.3) is 11.0 Å². The summed E-state index contributed by atoms with van der Waals surface area (Å²) in [6, 6.07) is 11.8. The third-order valence-corrected chi connectivity index (χ3v) is 4.40. The summed E-state index contributed by atoms with van der Waals surface area (Å²) in [7, 11) is 5.22. The van der Waals surface area contributed by atoms with Crippen LogP contribution in [-0.2, 0) is 13.0 Å². The molecule has 0 amide bonds. The second-order valence-corrected chi connectivity index (χ2v) is 6.23. The van der Waals surface area contributed by atoms with Crippen molar-refractivity contribution in [3.8, 4) is 11.5 Å². The van der Waals surface area contributed by atoms with Crippen molar-refractivity contribution in [2.75, 3.05) is 27.8 Å². The Kier molecular flexibility index (Phi) is 5.46. The number of ether oxygens (including phenoxy) is 2. The predicted octanol–water partition coefficient (Wildman–Crippen LogP) is 3.52. The van der Waals surface area contributed by atoms with Crippen molar-refractivity contribution in [1.82, 2.24) is 14.9 Å². The Hall–Kier alpha value is -2.24. The number of benzene rings is 2. The summed E-state index contributed by atoms with van der Waals surface area (Å²) in [5, 5.41) is 3.92. The molecule has 0 atom stereocenters. The van der Waals surface area contributed by atoms with Gasteiger partial charge in [0.1, 0.15) is 5.82 Å². The Labute approximate surface area is 152 Å². The number of hydrogen-bond donors (Lipinski definition) is 1. The quantitative estimate of drug-likeness (QED) is 0.701. The molecule has 0 bridgehead atoms. The van der Waals surface area contributed by atoms with Gasteiger partial charge in [0, 0.05) is 36.7 Å². The molecule has 0 fully saturated rings. The lowest BCUT2D eigenvalue weighted by molar-refractivity contribution is 0.355. The molecule has 3 aromatic rings. The summed E-state index contributed by atoms with van der Waals surface area (Å²) < 4.78 is 13.1. The normalized spacial score (nSPS) is 11.0. The van der Waals surface area contributed by atoms with Crippen LogP contribution in [0.2, 0.25) is 5.02 Å². The monoisotopic (exact) mass is 359 g/mol. The highest BCUT2D eigenvalue weighted by molar-refractivity contribution is 6.30. The molecule has 6 heteroatoms. The molecule has 0 aliphatic rings. The van der Waals surface area contributed by atoms with E-state index in [4.69, 9.17) is 26.1 Å². The van der Waals surface area contributed by atoms with Crippen LogP contribution in [0.1, 0.15) is 11.4 Å². The van der Waals surface area contributed by atoms with Crippen LogP contribution in [0.15, 0.2) is 36.4 Å². The van der Waals surface area contributed by atoms with Crippen molar-refractivity contribution >= 4 is 22.6 Å². The van der Waals surface area contributed by atoms with Gasteiger partial charge in [0.25, 0.3) is 0 Å². The van der Waals surface area contributed by atoms with E-state index in [-0.39, 0.29) is 0 Å². The largest absolute Gasteiger partial charge is 0.493 e. The van der Waals surface area contributed by atoms with Crippen LogP contribution < -0.4 is 14.8 Å². The van der Waals surface area contributed by atoms with E-state index in [1.54, 1.807) is 14.2 Å². The first-order chi connectivity index (χ1) is 12.2. The molecule has 0 aliphatic carbocycles. The predicted molar refractivity (Wildman–Crippen MR) is 101 cm³/mol. The number of aromatic nitrogens is 2. The molecule has 0 radical (unpaired) electrons. The van der Waals surface area contributed by atoms with Crippen molar-refractivity contribution in [3.05, 3.63) is 52.8 Å². The van der Waals surface area contributed by atoms with E-state index >= 15 is 0 Å². The van der Waals surface area contributed by atoms with Gasteiger partial charge in [-0.05, 0) is 24.7 Å². The molecule has 3 rings (SSSR count). The number of imidazole rings is 1. The van der Waals surface area contributed by atoms with E-state index < -0.39 is 0 Å². The van der Waals surface area contributed by atoms with Crippen molar-refractivity contribution in [2.24, 2.45) is 0 Å². The van der Waals surface area contributed by atoms with Gasteiger partial charge in [-0.25, -0.2) is 4.98 Å². The number of fused-ring (bicyclic) bond motifs is 1. The fourth-order valence-electron chi connectivity index (χ4n) is 2.92. The van der Waals surface area contributed by atoms with Crippen molar-refractivity contribution in [1.29, 1.82) is 0 Å². The Morgan fingerprint density at radius 1 is 1.12 bits per heavy atom. The minimum Gasteiger partial charge on any atom is -0.493 e. The lowest BCUT2D eigenvalue weighted by Crippen LogP contribution is -2.14. The molecule has 132 valence electrons. The third kappa shape index (κ3) is 3.72. The van der Waals surface area contributed by atoms with E-state index in [9.17, 15) is 0 Å². The van der Waals surface area contributed by atoms with Crippen LogP contribution in [0.4, 0.5) is 0 Å². The van der Waals surface area contributed by atoms with Gasteiger partial charge in [-0.15, -0.1) is 0 Å². The van der Waals surface area contributed by atoms with Gasteiger partial charge in [0.2, 0.25) is 0 Å². The molecule has 0 aliphatic heterocycles. The highest BCUT2D eigenvalue weighted by Crippen LogP contribution is 2.33. The fraction of sp³-hybridized carbons (Fsp3) is 0.316. The second kappa shape index (κ2) is 7.76. The highest BCUT2D eigenvalue weighted by atomic mass is 35.5.